The van der Waals surface area contributed by atoms with E-state index in [1.165, 1.54) is 5.56 Å². The first-order valence-electron chi connectivity index (χ1n) is 7.51. The van der Waals surface area contributed by atoms with E-state index >= 15 is 0 Å². The normalized spacial score (nSPS) is 14.4. The van der Waals surface area contributed by atoms with E-state index in [-0.39, 0.29) is 0 Å². The van der Waals surface area contributed by atoms with Gasteiger partial charge in [0.25, 0.3) is 0 Å². The summed E-state index contributed by atoms with van der Waals surface area (Å²) in [5.41, 5.74) is 2.38. The summed E-state index contributed by atoms with van der Waals surface area (Å²) in [5, 5.41) is 7.30. The van der Waals surface area contributed by atoms with Crippen LogP contribution in [0.25, 0.3) is 0 Å². The highest BCUT2D eigenvalue weighted by atomic mass is 16.5. The SMILES string of the molecule is CCNCc1cc(C)ccc1OCc1noc(C2CC2)n1. The summed E-state index contributed by atoms with van der Waals surface area (Å²) >= 11 is 0. The van der Waals surface area contributed by atoms with Crippen LogP contribution in [0.1, 0.15) is 48.5 Å². The maximum absolute atomic E-state index is 5.86. The molecule has 0 spiro atoms. The molecule has 21 heavy (non-hydrogen) atoms. The average Bonchev–Trinajstić information content (AvgIpc) is 3.23. The first kappa shape index (κ1) is 14.1. The number of aromatic nitrogens is 2. The van der Waals surface area contributed by atoms with Gasteiger partial charge in [-0.3, -0.25) is 0 Å². The fourth-order valence-corrected chi connectivity index (χ4v) is 2.21. The van der Waals surface area contributed by atoms with Gasteiger partial charge in [0.15, 0.2) is 6.61 Å². The van der Waals surface area contributed by atoms with Gasteiger partial charge in [-0.1, -0.05) is 29.8 Å². The Labute approximate surface area is 124 Å². The molecule has 0 saturated heterocycles. The van der Waals surface area contributed by atoms with Gasteiger partial charge in [0.2, 0.25) is 11.7 Å². The van der Waals surface area contributed by atoms with Gasteiger partial charge >= 0.3 is 0 Å². The highest BCUT2D eigenvalue weighted by Gasteiger charge is 2.29. The number of nitrogens with zero attached hydrogens (tertiary/aromatic N) is 2. The third-order valence-corrected chi connectivity index (χ3v) is 3.55. The lowest BCUT2D eigenvalue weighted by molar-refractivity contribution is 0.282. The van der Waals surface area contributed by atoms with Gasteiger partial charge in [-0.2, -0.15) is 4.98 Å². The molecule has 0 atom stereocenters. The molecule has 0 unspecified atom stereocenters. The second-order valence-electron chi connectivity index (χ2n) is 5.50. The largest absolute Gasteiger partial charge is 0.485 e. The van der Waals surface area contributed by atoms with Gasteiger partial charge in [0.05, 0.1) is 0 Å². The van der Waals surface area contributed by atoms with Crippen molar-refractivity contribution in [1.29, 1.82) is 0 Å². The minimum absolute atomic E-state index is 0.346. The van der Waals surface area contributed by atoms with E-state index in [4.69, 9.17) is 9.26 Å². The predicted molar refractivity (Wildman–Crippen MR) is 79.2 cm³/mol. The van der Waals surface area contributed by atoms with E-state index in [9.17, 15) is 0 Å². The van der Waals surface area contributed by atoms with Crippen LogP contribution >= 0.6 is 0 Å². The molecule has 1 aromatic heterocycles. The molecule has 1 aromatic carbocycles. The van der Waals surface area contributed by atoms with Gasteiger partial charge in [-0.15, -0.1) is 0 Å². The summed E-state index contributed by atoms with van der Waals surface area (Å²) < 4.78 is 11.1. The molecule has 3 rings (SSSR count). The molecule has 5 nitrogen and oxygen atoms in total. The minimum Gasteiger partial charge on any atom is -0.485 e. The number of ether oxygens (including phenoxy) is 1. The highest BCUT2D eigenvalue weighted by molar-refractivity contribution is 5.36. The molecule has 0 bridgehead atoms. The van der Waals surface area contributed by atoms with E-state index in [1.807, 2.05) is 6.07 Å². The van der Waals surface area contributed by atoms with Crippen molar-refractivity contribution in [3.8, 4) is 5.75 Å². The summed E-state index contributed by atoms with van der Waals surface area (Å²) in [4.78, 5) is 4.38. The summed E-state index contributed by atoms with van der Waals surface area (Å²) in [7, 11) is 0. The Morgan fingerprint density at radius 2 is 2.24 bits per heavy atom. The van der Waals surface area contributed by atoms with Crippen molar-refractivity contribution >= 4 is 0 Å². The Bertz CT molecular complexity index is 605. The zero-order valence-electron chi connectivity index (χ0n) is 12.6. The van der Waals surface area contributed by atoms with Crippen LogP contribution in [0.4, 0.5) is 0 Å². The Balaban J connectivity index is 1.65. The molecule has 0 aliphatic heterocycles. The number of aryl methyl sites for hydroxylation is 1. The zero-order chi connectivity index (χ0) is 14.7. The summed E-state index contributed by atoms with van der Waals surface area (Å²) in [6, 6.07) is 6.20. The van der Waals surface area contributed by atoms with Crippen molar-refractivity contribution in [3.05, 3.63) is 41.0 Å². The van der Waals surface area contributed by atoms with E-state index in [2.05, 4.69) is 41.4 Å². The lowest BCUT2D eigenvalue weighted by Gasteiger charge is -2.11. The second kappa shape index (κ2) is 6.26. The second-order valence-corrected chi connectivity index (χ2v) is 5.50. The molecule has 112 valence electrons. The number of benzene rings is 1. The molecule has 1 saturated carbocycles. The molecule has 0 radical (unpaired) electrons. The van der Waals surface area contributed by atoms with E-state index < -0.39 is 0 Å². The van der Waals surface area contributed by atoms with Crippen LogP contribution in [0.2, 0.25) is 0 Å². The van der Waals surface area contributed by atoms with Gasteiger partial charge in [-0.25, -0.2) is 0 Å². The van der Waals surface area contributed by atoms with Gasteiger partial charge in [-0.05, 0) is 32.4 Å². The highest BCUT2D eigenvalue weighted by Crippen LogP contribution is 2.38. The van der Waals surface area contributed by atoms with Crippen LogP contribution in [0.15, 0.2) is 22.7 Å². The Kier molecular flexibility index (Phi) is 4.20. The van der Waals surface area contributed by atoms with Crippen LogP contribution in [-0.4, -0.2) is 16.7 Å². The minimum atomic E-state index is 0.346. The summed E-state index contributed by atoms with van der Waals surface area (Å²) in [6.07, 6.45) is 2.32. The van der Waals surface area contributed by atoms with Crippen molar-refractivity contribution in [2.45, 2.75) is 45.8 Å². The van der Waals surface area contributed by atoms with Crippen LogP contribution in [0, 0.1) is 6.92 Å². The third kappa shape index (κ3) is 3.61. The van der Waals surface area contributed by atoms with Crippen molar-refractivity contribution < 1.29 is 9.26 Å². The third-order valence-electron chi connectivity index (χ3n) is 3.55. The quantitative estimate of drug-likeness (QED) is 0.848. The molecule has 1 aliphatic rings. The predicted octanol–water partition coefficient (Wildman–Crippen LogP) is 2.94. The molecule has 1 aliphatic carbocycles. The average molecular weight is 287 g/mol. The van der Waals surface area contributed by atoms with Crippen LogP contribution < -0.4 is 10.1 Å². The summed E-state index contributed by atoms with van der Waals surface area (Å²) in [5.74, 6) is 2.73. The van der Waals surface area contributed by atoms with Crippen molar-refractivity contribution in [3.63, 3.8) is 0 Å². The Hall–Kier alpha value is -1.88. The van der Waals surface area contributed by atoms with E-state index in [1.54, 1.807) is 0 Å². The number of hydrogen-bond acceptors (Lipinski definition) is 5. The molecule has 1 N–H and O–H groups in total. The van der Waals surface area contributed by atoms with Gasteiger partial charge in [0, 0.05) is 18.0 Å². The van der Waals surface area contributed by atoms with Crippen LogP contribution in [0.3, 0.4) is 0 Å². The zero-order valence-corrected chi connectivity index (χ0v) is 12.6. The standard InChI is InChI=1S/C16H21N3O2/c1-3-17-9-13-8-11(2)4-7-14(13)20-10-15-18-16(21-19-15)12-5-6-12/h4,7-8,12,17H,3,5-6,9-10H2,1-2H3. The van der Waals surface area contributed by atoms with E-state index in [0.29, 0.717) is 18.3 Å². The maximum Gasteiger partial charge on any atom is 0.229 e. The molecule has 5 heteroatoms. The van der Waals surface area contributed by atoms with Gasteiger partial charge in [0.1, 0.15) is 5.75 Å². The molecular formula is C16H21N3O2. The summed E-state index contributed by atoms with van der Waals surface area (Å²) in [6.45, 7) is 6.25. The smallest absolute Gasteiger partial charge is 0.229 e. The van der Waals surface area contributed by atoms with Crippen molar-refractivity contribution in [2.75, 3.05) is 6.54 Å². The maximum atomic E-state index is 5.86. The topological polar surface area (TPSA) is 60.2 Å². The van der Waals surface area contributed by atoms with Crippen molar-refractivity contribution in [2.24, 2.45) is 0 Å². The molecular weight excluding hydrogens is 266 g/mol. The molecule has 2 aromatic rings. The van der Waals surface area contributed by atoms with Crippen molar-refractivity contribution in [1.82, 2.24) is 15.5 Å². The fourth-order valence-electron chi connectivity index (χ4n) is 2.21. The van der Waals surface area contributed by atoms with Crippen LogP contribution in [0.5, 0.6) is 5.75 Å². The Morgan fingerprint density at radius 1 is 1.38 bits per heavy atom. The molecule has 0 amide bonds. The van der Waals surface area contributed by atoms with Gasteiger partial charge < -0.3 is 14.6 Å². The van der Waals surface area contributed by atoms with Crippen LogP contribution in [-0.2, 0) is 13.2 Å². The van der Waals surface area contributed by atoms with E-state index in [0.717, 1.165) is 43.1 Å². The number of rotatable bonds is 7. The Morgan fingerprint density at radius 3 is 3.00 bits per heavy atom. The number of nitrogens with one attached hydrogen (secondary N) is 1. The first-order chi connectivity index (χ1) is 10.3. The molecule has 1 fully saturated rings. The fraction of sp³-hybridized carbons (Fsp3) is 0.500. The first-order valence-corrected chi connectivity index (χ1v) is 7.51. The molecule has 1 heterocycles. The lowest BCUT2D eigenvalue weighted by atomic mass is 10.1. The monoisotopic (exact) mass is 287 g/mol. The number of hydrogen-bond donors (Lipinski definition) is 1. The lowest BCUT2D eigenvalue weighted by Crippen LogP contribution is -2.13.